The summed E-state index contributed by atoms with van der Waals surface area (Å²) in [5, 5.41) is 12.5. The van der Waals surface area contributed by atoms with Gasteiger partial charge in [-0.2, -0.15) is 0 Å². The van der Waals surface area contributed by atoms with E-state index in [0.717, 1.165) is 23.4 Å². The summed E-state index contributed by atoms with van der Waals surface area (Å²) in [4.78, 5) is 24.0. The number of hydrogen-bond acceptors (Lipinski definition) is 5. The molecule has 3 heterocycles. The Kier molecular flexibility index (Phi) is 4.33. The van der Waals surface area contributed by atoms with E-state index in [9.17, 15) is 9.90 Å². The second-order valence-electron chi connectivity index (χ2n) is 6.71. The lowest BCUT2D eigenvalue weighted by molar-refractivity contribution is 0.0768. The molecule has 6 heteroatoms. The number of nitrogens with zero attached hydrogens (tertiary/aromatic N) is 3. The van der Waals surface area contributed by atoms with Crippen LogP contribution in [-0.4, -0.2) is 45.1 Å². The third kappa shape index (κ3) is 2.96. The van der Waals surface area contributed by atoms with Gasteiger partial charge < -0.3 is 10.0 Å². The first-order valence-electron chi connectivity index (χ1n) is 8.54. The number of carbonyl (C=O) groups is 1. The summed E-state index contributed by atoms with van der Waals surface area (Å²) in [6.07, 6.45) is 9.70. The van der Waals surface area contributed by atoms with Gasteiger partial charge in [-0.15, -0.1) is 11.3 Å². The molecule has 0 radical (unpaired) electrons. The van der Waals surface area contributed by atoms with Crippen LogP contribution >= 0.6 is 11.3 Å². The largest absolute Gasteiger partial charge is 0.391 e. The maximum Gasteiger partial charge on any atom is 0.264 e. The van der Waals surface area contributed by atoms with E-state index in [0.29, 0.717) is 19.5 Å². The molecule has 0 saturated carbocycles. The lowest BCUT2D eigenvalue weighted by Gasteiger charge is -2.18. The summed E-state index contributed by atoms with van der Waals surface area (Å²) >= 11 is 1.57. The van der Waals surface area contributed by atoms with E-state index in [-0.39, 0.29) is 11.8 Å². The van der Waals surface area contributed by atoms with Gasteiger partial charge in [-0.1, -0.05) is 0 Å². The minimum absolute atomic E-state index is 0.0291. The number of carbonyl (C=O) groups excluding carboxylic acids is 1. The number of rotatable bonds is 3. The van der Waals surface area contributed by atoms with Crippen molar-refractivity contribution in [1.82, 2.24) is 14.9 Å². The molecular formula is C18H21N3O2S. The minimum atomic E-state index is -0.494. The first-order chi connectivity index (χ1) is 11.7. The maximum atomic E-state index is 12.9. The second-order valence-corrected chi connectivity index (χ2v) is 7.59. The topological polar surface area (TPSA) is 66.3 Å². The first kappa shape index (κ1) is 15.7. The zero-order valence-electron chi connectivity index (χ0n) is 13.5. The van der Waals surface area contributed by atoms with Gasteiger partial charge in [0, 0.05) is 37.6 Å². The van der Waals surface area contributed by atoms with Crippen molar-refractivity contribution >= 4 is 17.2 Å². The highest BCUT2D eigenvalue weighted by Crippen LogP contribution is 2.32. The molecular weight excluding hydrogens is 322 g/mol. The number of aliphatic hydroxyl groups excluding tert-OH is 1. The molecule has 0 bridgehead atoms. The monoisotopic (exact) mass is 343 g/mol. The van der Waals surface area contributed by atoms with Gasteiger partial charge in [-0.05, 0) is 48.6 Å². The average Bonchev–Trinajstić information content (AvgIpc) is 3.19. The number of likely N-dealkylation sites (tertiary alicyclic amines) is 1. The molecule has 4 rings (SSSR count). The van der Waals surface area contributed by atoms with Crippen LogP contribution in [0.5, 0.6) is 0 Å². The number of aromatic nitrogens is 2. The smallest absolute Gasteiger partial charge is 0.264 e. The highest BCUT2D eigenvalue weighted by Gasteiger charge is 2.36. The normalized spacial score (nSPS) is 23.3. The first-order valence-corrected chi connectivity index (χ1v) is 9.42. The molecule has 5 nitrogen and oxygen atoms in total. The Morgan fingerprint density at radius 1 is 1.29 bits per heavy atom. The molecule has 1 fully saturated rings. The molecule has 1 aliphatic carbocycles. The molecule has 0 unspecified atom stereocenters. The fourth-order valence-corrected chi connectivity index (χ4v) is 4.89. The van der Waals surface area contributed by atoms with Crippen LogP contribution in [0.4, 0.5) is 0 Å². The summed E-state index contributed by atoms with van der Waals surface area (Å²) in [6, 6.07) is 0. The van der Waals surface area contributed by atoms with E-state index in [2.05, 4.69) is 15.3 Å². The fraction of sp³-hybridized carbons (Fsp3) is 0.500. The molecule has 2 aliphatic rings. The number of hydrogen-bond donors (Lipinski definition) is 1. The van der Waals surface area contributed by atoms with Crippen LogP contribution in [0.3, 0.4) is 0 Å². The Hall–Kier alpha value is -1.79. The Bertz CT molecular complexity index is 731. The van der Waals surface area contributed by atoms with Gasteiger partial charge in [-0.25, -0.2) is 0 Å². The molecule has 0 aromatic carbocycles. The molecule has 2 aromatic rings. The molecule has 2 atom stereocenters. The number of aliphatic hydroxyl groups is 1. The highest BCUT2D eigenvalue weighted by atomic mass is 32.1. The molecule has 1 saturated heterocycles. The lowest BCUT2D eigenvalue weighted by Crippen LogP contribution is -2.30. The van der Waals surface area contributed by atoms with E-state index >= 15 is 0 Å². The van der Waals surface area contributed by atoms with Crippen LogP contribution in [0.25, 0.3) is 0 Å². The van der Waals surface area contributed by atoms with Crippen LogP contribution in [0.2, 0.25) is 0 Å². The van der Waals surface area contributed by atoms with Crippen LogP contribution in [0, 0.1) is 5.92 Å². The van der Waals surface area contributed by atoms with Gasteiger partial charge in [-0.3, -0.25) is 14.8 Å². The number of thiophene rings is 1. The van der Waals surface area contributed by atoms with Gasteiger partial charge in [0.2, 0.25) is 0 Å². The van der Waals surface area contributed by atoms with Crippen LogP contribution in [0.15, 0.2) is 24.0 Å². The molecule has 1 aliphatic heterocycles. The highest BCUT2D eigenvalue weighted by molar-refractivity contribution is 7.12. The Balaban J connectivity index is 1.47. The van der Waals surface area contributed by atoms with Crippen molar-refractivity contribution in [3.63, 3.8) is 0 Å². The van der Waals surface area contributed by atoms with Crippen molar-refractivity contribution in [2.75, 3.05) is 13.1 Å². The second kappa shape index (κ2) is 6.61. The third-order valence-corrected chi connectivity index (χ3v) is 6.14. The zero-order valence-corrected chi connectivity index (χ0v) is 14.3. The predicted octanol–water partition coefficient (Wildman–Crippen LogP) is 2.09. The van der Waals surface area contributed by atoms with Crippen molar-refractivity contribution in [2.45, 2.75) is 38.2 Å². The molecule has 2 aromatic heterocycles. The number of fused-ring (bicyclic) bond motifs is 1. The van der Waals surface area contributed by atoms with Gasteiger partial charge >= 0.3 is 0 Å². The standard InChI is InChI=1S/C18H21N3O2S/c22-16-10-21(9-13(16)7-14-8-19-5-6-20-14)18(23)17-15-4-2-1-3-12(15)11-24-17/h5-6,8,11,13,16,22H,1-4,7,9-10H2/t13-,16-/m1/s1. The third-order valence-electron chi connectivity index (χ3n) is 5.08. The fourth-order valence-electron chi connectivity index (χ4n) is 3.77. The Morgan fingerprint density at radius 3 is 3.00 bits per heavy atom. The Labute approximate surface area is 145 Å². The van der Waals surface area contributed by atoms with Gasteiger partial charge in [0.25, 0.3) is 5.91 Å². The average molecular weight is 343 g/mol. The van der Waals surface area contributed by atoms with Crippen LogP contribution < -0.4 is 0 Å². The summed E-state index contributed by atoms with van der Waals surface area (Å²) < 4.78 is 0. The van der Waals surface area contributed by atoms with E-state index in [1.165, 1.54) is 24.0 Å². The van der Waals surface area contributed by atoms with Gasteiger partial charge in [0.15, 0.2) is 0 Å². The van der Waals surface area contributed by atoms with E-state index in [1.807, 2.05) is 4.90 Å². The SMILES string of the molecule is O=C(c1scc2c1CCCC2)N1C[C@@H](Cc2cnccn2)[C@H](O)C1. The summed E-state index contributed by atoms with van der Waals surface area (Å²) in [7, 11) is 0. The number of aryl methyl sites for hydroxylation is 1. The van der Waals surface area contributed by atoms with E-state index < -0.39 is 6.10 Å². The summed E-state index contributed by atoms with van der Waals surface area (Å²) in [6.45, 7) is 1.000. The molecule has 1 N–H and O–H groups in total. The number of amides is 1. The summed E-state index contributed by atoms with van der Waals surface area (Å²) in [5.74, 6) is 0.116. The molecule has 1 amide bonds. The molecule has 126 valence electrons. The van der Waals surface area contributed by atoms with Crippen molar-refractivity contribution in [3.05, 3.63) is 45.7 Å². The van der Waals surface area contributed by atoms with Crippen molar-refractivity contribution in [2.24, 2.45) is 5.92 Å². The minimum Gasteiger partial charge on any atom is -0.391 e. The quantitative estimate of drug-likeness (QED) is 0.927. The molecule has 24 heavy (non-hydrogen) atoms. The van der Waals surface area contributed by atoms with Crippen molar-refractivity contribution in [3.8, 4) is 0 Å². The van der Waals surface area contributed by atoms with E-state index in [4.69, 9.17) is 0 Å². The maximum absolute atomic E-state index is 12.9. The zero-order chi connectivity index (χ0) is 16.5. The van der Waals surface area contributed by atoms with Gasteiger partial charge in [0.05, 0.1) is 16.7 Å². The van der Waals surface area contributed by atoms with Crippen LogP contribution in [0.1, 0.15) is 39.3 Å². The van der Waals surface area contributed by atoms with E-state index in [1.54, 1.807) is 29.9 Å². The Morgan fingerprint density at radius 2 is 2.17 bits per heavy atom. The lowest BCUT2D eigenvalue weighted by atomic mass is 9.93. The van der Waals surface area contributed by atoms with Crippen molar-refractivity contribution < 1.29 is 9.90 Å². The summed E-state index contributed by atoms with van der Waals surface area (Å²) in [5.41, 5.74) is 3.47. The number of β-amino-alcohol motifs (C(OH)–C–C–N with tert-alkyl or cyclic N) is 1. The van der Waals surface area contributed by atoms with Crippen LogP contribution in [-0.2, 0) is 19.3 Å². The van der Waals surface area contributed by atoms with Gasteiger partial charge in [0.1, 0.15) is 0 Å². The molecule has 0 spiro atoms. The van der Waals surface area contributed by atoms with Crippen molar-refractivity contribution in [1.29, 1.82) is 0 Å². The predicted molar refractivity (Wildman–Crippen MR) is 92.1 cm³/mol.